The van der Waals surface area contributed by atoms with E-state index in [1.54, 1.807) is 6.20 Å². The molecule has 3 heterocycles. The first-order valence-electron chi connectivity index (χ1n) is 15.5. The lowest BCUT2D eigenvalue weighted by Gasteiger charge is -2.21. The van der Waals surface area contributed by atoms with Crippen molar-refractivity contribution in [2.45, 2.75) is 19.3 Å². The second-order valence-corrected chi connectivity index (χ2v) is 12.3. The lowest BCUT2D eigenvalue weighted by molar-refractivity contribution is 0.657. The first-order valence-corrected chi connectivity index (χ1v) is 15.5. The summed E-state index contributed by atoms with van der Waals surface area (Å²) >= 11 is 0. The fourth-order valence-electron chi connectivity index (χ4n) is 6.94. The molecular formula is C41H28N4O. The molecule has 0 spiro atoms. The lowest BCUT2D eigenvalue weighted by atomic mass is 9.82. The summed E-state index contributed by atoms with van der Waals surface area (Å²) in [6.45, 7) is 4.63. The quantitative estimate of drug-likeness (QED) is 0.203. The van der Waals surface area contributed by atoms with Crippen LogP contribution in [0.15, 0.2) is 138 Å². The number of hydrogen-bond acceptors (Lipinski definition) is 5. The molecule has 0 aliphatic heterocycles. The number of benzene rings is 5. The highest BCUT2D eigenvalue weighted by Crippen LogP contribution is 2.53. The average Bonchev–Trinajstić information content (AvgIpc) is 3.61. The highest BCUT2D eigenvalue weighted by Gasteiger charge is 2.37. The molecule has 218 valence electrons. The predicted octanol–water partition coefficient (Wildman–Crippen LogP) is 10.1. The predicted molar refractivity (Wildman–Crippen MR) is 184 cm³/mol. The zero-order valence-corrected chi connectivity index (χ0v) is 25.4. The lowest BCUT2D eigenvalue weighted by Crippen LogP contribution is -2.14. The van der Waals surface area contributed by atoms with Crippen molar-refractivity contribution < 1.29 is 4.42 Å². The molecule has 5 heteroatoms. The van der Waals surface area contributed by atoms with Crippen LogP contribution >= 0.6 is 0 Å². The Morgan fingerprint density at radius 3 is 1.98 bits per heavy atom. The van der Waals surface area contributed by atoms with E-state index in [4.69, 9.17) is 19.4 Å². The molecule has 0 N–H and O–H groups in total. The van der Waals surface area contributed by atoms with Gasteiger partial charge in [0.1, 0.15) is 16.9 Å². The van der Waals surface area contributed by atoms with Gasteiger partial charge in [0.15, 0.2) is 17.5 Å². The zero-order valence-electron chi connectivity index (χ0n) is 25.4. The molecule has 0 saturated heterocycles. The molecule has 1 aliphatic rings. The van der Waals surface area contributed by atoms with E-state index < -0.39 is 0 Å². The van der Waals surface area contributed by atoms with Gasteiger partial charge in [-0.25, -0.2) is 15.0 Å². The van der Waals surface area contributed by atoms with Gasteiger partial charge in [-0.05, 0) is 46.0 Å². The van der Waals surface area contributed by atoms with Crippen molar-refractivity contribution in [2.75, 3.05) is 0 Å². The van der Waals surface area contributed by atoms with Crippen molar-refractivity contribution >= 4 is 21.9 Å². The van der Waals surface area contributed by atoms with Gasteiger partial charge < -0.3 is 4.42 Å². The van der Waals surface area contributed by atoms with Gasteiger partial charge in [0, 0.05) is 39.1 Å². The molecule has 8 aromatic rings. The Balaban J connectivity index is 1.16. The summed E-state index contributed by atoms with van der Waals surface area (Å²) in [6.07, 6.45) is 1.75. The third-order valence-corrected chi connectivity index (χ3v) is 9.22. The Bertz CT molecular complexity index is 2370. The standard InChI is InChI=1S/C41H28N4O/c1-41(2)31-16-7-6-13-29(31)35-32(41)22-23-34-36(35)30-15-10-14-28(37(30)46-34)25-18-20-27(21-19-25)39-43-38(26-11-4-3-5-12-26)44-40(45-39)33-17-8-9-24-42-33/h3-24H,1-2H3. The molecule has 0 atom stereocenters. The molecule has 0 unspecified atom stereocenters. The Morgan fingerprint density at radius 1 is 0.522 bits per heavy atom. The molecular weight excluding hydrogens is 564 g/mol. The summed E-state index contributed by atoms with van der Waals surface area (Å²) in [6, 6.07) is 43.7. The van der Waals surface area contributed by atoms with Crippen LogP contribution in [0.1, 0.15) is 25.0 Å². The molecule has 1 aliphatic carbocycles. The Kier molecular flexibility index (Phi) is 5.78. The van der Waals surface area contributed by atoms with Gasteiger partial charge in [0.2, 0.25) is 0 Å². The second kappa shape index (κ2) is 10.0. The molecule has 0 fully saturated rings. The monoisotopic (exact) mass is 592 g/mol. The molecule has 5 nitrogen and oxygen atoms in total. The van der Waals surface area contributed by atoms with Crippen molar-refractivity contribution in [3.05, 3.63) is 145 Å². The normalized spacial score (nSPS) is 13.2. The summed E-state index contributed by atoms with van der Waals surface area (Å²) in [5.41, 5.74) is 11.7. The summed E-state index contributed by atoms with van der Waals surface area (Å²) in [7, 11) is 0. The molecule has 0 bridgehead atoms. The smallest absolute Gasteiger partial charge is 0.182 e. The van der Waals surface area contributed by atoms with E-state index >= 15 is 0 Å². The Labute approximate surface area is 266 Å². The van der Waals surface area contributed by atoms with Crippen LogP contribution in [0.25, 0.3) is 78.5 Å². The van der Waals surface area contributed by atoms with Crippen molar-refractivity contribution in [3.63, 3.8) is 0 Å². The molecule has 3 aromatic heterocycles. The highest BCUT2D eigenvalue weighted by atomic mass is 16.3. The molecule has 46 heavy (non-hydrogen) atoms. The molecule has 0 radical (unpaired) electrons. The first kappa shape index (κ1) is 26.5. The number of fused-ring (bicyclic) bond motifs is 7. The maximum Gasteiger partial charge on any atom is 0.182 e. The molecule has 5 aromatic carbocycles. The van der Waals surface area contributed by atoms with Crippen molar-refractivity contribution in [2.24, 2.45) is 0 Å². The van der Waals surface area contributed by atoms with Gasteiger partial charge in [0.25, 0.3) is 0 Å². The van der Waals surface area contributed by atoms with E-state index in [1.807, 2.05) is 48.5 Å². The van der Waals surface area contributed by atoms with Crippen molar-refractivity contribution in [1.29, 1.82) is 0 Å². The first-order chi connectivity index (χ1) is 22.6. The maximum absolute atomic E-state index is 6.65. The van der Waals surface area contributed by atoms with Crippen LogP contribution in [0.3, 0.4) is 0 Å². The summed E-state index contributed by atoms with van der Waals surface area (Å²) in [5, 5.41) is 2.32. The van der Waals surface area contributed by atoms with Gasteiger partial charge in [-0.1, -0.05) is 123 Å². The van der Waals surface area contributed by atoms with Gasteiger partial charge >= 0.3 is 0 Å². The number of aromatic nitrogens is 4. The van der Waals surface area contributed by atoms with Crippen LogP contribution in [0.5, 0.6) is 0 Å². The van der Waals surface area contributed by atoms with E-state index in [0.29, 0.717) is 23.2 Å². The number of pyridine rings is 1. The van der Waals surface area contributed by atoms with E-state index in [9.17, 15) is 0 Å². The largest absolute Gasteiger partial charge is 0.455 e. The Morgan fingerprint density at radius 2 is 1.20 bits per heavy atom. The molecule has 0 saturated carbocycles. The van der Waals surface area contributed by atoms with Crippen LogP contribution in [0.2, 0.25) is 0 Å². The number of furan rings is 1. The summed E-state index contributed by atoms with van der Waals surface area (Å²) in [4.78, 5) is 19.0. The van der Waals surface area contributed by atoms with E-state index in [0.717, 1.165) is 38.8 Å². The number of nitrogens with zero attached hydrogens (tertiary/aromatic N) is 4. The van der Waals surface area contributed by atoms with Gasteiger partial charge in [-0.3, -0.25) is 4.98 Å². The minimum absolute atomic E-state index is 0.0665. The SMILES string of the molecule is CC1(C)c2ccccc2-c2c1ccc1oc3c(-c4ccc(-c5nc(-c6ccccc6)nc(-c6ccccn6)n5)cc4)cccc3c21. The second-order valence-electron chi connectivity index (χ2n) is 12.3. The third kappa shape index (κ3) is 4.02. The van der Waals surface area contributed by atoms with Gasteiger partial charge in [-0.15, -0.1) is 0 Å². The maximum atomic E-state index is 6.65. The van der Waals surface area contributed by atoms with Gasteiger partial charge in [-0.2, -0.15) is 0 Å². The van der Waals surface area contributed by atoms with E-state index in [1.165, 1.54) is 27.6 Å². The highest BCUT2D eigenvalue weighted by molar-refractivity contribution is 6.17. The molecule has 9 rings (SSSR count). The van der Waals surface area contributed by atoms with Crippen LogP contribution in [-0.4, -0.2) is 19.9 Å². The number of para-hydroxylation sites is 1. The fraction of sp³-hybridized carbons (Fsp3) is 0.0732. The van der Waals surface area contributed by atoms with Crippen LogP contribution in [-0.2, 0) is 5.41 Å². The number of hydrogen-bond donors (Lipinski definition) is 0. The number of rotatable bonds is 4. The summed E-state index contributed by atoms with van der Waals surface area (Å²) < 4.78 is 6.65. The minimum atomic E-state index is -0.0665. The van der Waals surface area contributed by atoms with Crippen LogP contribution < -0.4 is 0 Å². The zero-order chi connectivity index (χ0) is 30.8. The molecule has 0 amide bonds. The third-order valence-electron chi connectivity index (χ3n) is 9.22. The average molecular weight is 593 g/mol. The fourth-order valence-corrected chi connectivity index (χ4v) is 6.94. The summed E-state index contributed by atoms with van der Waals surface area (Å²) in [5.74, 6) is 1.75. The van der Waals surface area contributed by atoms with Crippen molar-refractivity contribution in [1.82, 2.24) is 19.9 Å². The van der Waals surface area contributed by atoms with Crippen LogP contribution in [0, 0.1) is 0 Å². The van der Waals surface area contributed by atoms with Crippen LogP contribution in [0.4, 0.5) is 0 Å². The van der Waals surface area contributed by atoms with Crippen molar-refractivity contribution in [3.8, 4) is 56.5 Å². The van der Waals surface area contributed by atoms with E-state index in [2.05, 4.69) is 97.7 Å². The Hall–Kier alpha value is -5.94. The topological polar surface area (TPSA) is 64.7 Å². The van der Waals surface area contributed by atoms with E-state index in [-0.39, 0.29) is 5.41 Å². The minimum Gasteiger partial charge on any atom is -0.455 e. The van der Waals surface area contributed by atoms with Gasteiger partial charge in [0.05, 0.1) is 0 Å².